The Morgan fingerprint density at radius 2 is 2.14 bits per heavy atom. The van der Waals surface area contributed by atoms with Gasteiger partial charge in [-0.1, -0.05) is 12.8 Å². The van der Waals surface area contributed by atoms with Crippen LogP contribution in [0.25, 0.3) is 0 Å². The minimum atomic E-state index is -0.631. The molecule has 14 heavy (non-hydrogen) atoms. The predicted octanol–water partition coefficient (Wildman–Crippen LogP) is 2.68. The normalized spacial score (nSPS) is 19.1. The first kappa shape index (κ1) is 11.1. The van der Waals surface area contributed by atoms with Crippen molar-refractivity contribution in [2.45, 2.75) is 44.9 Å². The second-order valence-corrected chi connectivity index (χ2v) is 4.09. The van der Waals surface area contributed by atoms with Crippen molar-refractivity contribution < 1.29 is 9.90 Å². The molecule has 78 valence electrons. The Labute approximate surface area is 85.7 Å². The molecule has 1 aliphatic carbocycles. The van der Waals surface area contributed by atoms with Crippen molar-refractivity contribution in [1.82, 2.24) is 0 Å². The van der Waals surface area contributed by atoms with Gasteiger partial charge in [0, 0.05) is 6.42 Å². The Kier molecular flexibility index (Phi) is 4.52. The fraction of sp³-hybridized carbons (Fsp3) is 0.750. The number of hydrogen-bond donors (Lipinski definition) is 1. The van der Waals surface area contributed by atoms with Crippen LogP contribution in [0.3, 0.4) is 0 Å². The van der Waals surface area contributed by atoms with E-state index < -0.39 is 5.97 Å². The van der Waals surface area contributed by atoms with Gasteiger partial charge in [-0.25, -0.2) is 0 Å². The van der Waals surface area contributed by atoms with E-state index in [0.717, 1.165) is 25.7 Å². The molecule has 0 aromatic heterocycles. The Morgan fingerprint density at radius 3 is 2.64 bits per heavy atom. The van der Waals surface area contributed by atoms with E-state index in [9.17, 15) is 4.79 Å². The molecule has 1 N–H and O–H groups in total. The Hall–Kier alpha value is -0.970. The smallest absolute Gasteiger partial charge is 0.306 e. The second kappa shape index (κ2) is 5.70. The second-order valence-electron chi connectivity index (χ2n) is 4.09. The number of carbonyl (C=O) groups is 1. The van der Waals surface area contributed by atoms with Crippen molar-refractivity contribution in [2.75, 3.05) is 0 Å². The fourth-order valence-corrected chi connectivity index (χ4v) is 2.34. The first-order valence-electron chi connectivity index (χ1n) is 5.42. The summed E-state index contributed by atoms with van der Waals surface area (Å²) in [6.07, 6.45) is 12.0. The van der Waals surface area contributed by atoms with Crippen LogP contribution >= 0.6 is 0 Å². The highest BCUT2D eigenvalue weighted by atomic mass is 16.4. The maximum absolute atomic E-state index is 11.0. The highest BCUT2D eigenvalue weighted by Gasteiger charge is 2.29. The largest absolute Gasteiger partial charge is 0.481 e. The molecule has 0 spiro atoms. The molecule has 0 aromatic carbocycles. The molecule has 1 rings (SSSR count). The third-order valence-corrected chi connectivity index (χ3v) is 3.12. The van der Waals surface area contributed by atoms with Crippen LogP contribution < -0.4 is 0 Å². The molecule has 1 atom stereocenters. The van der Waals surface area contributed by atoms with Gasteiger partial charge in [0.2, 0.25) is 0 Å². The topological polar surface area (TPSA) is 37.3 Å². The minimum Gasteiger partial charge on any atom is -0.481 e. The lowest BCUT2D eigenvalue weighted by molar-refractivity contribution is -0.144. The van der Waals surface area contributed by atoms with Crippen molar-refractivity contribution in [3.05, 3.63) is 0 Å². The van der Waals surface area contributed by atoms with Crippen LogP contribution in [0.4, 0.5) is 0 Å². The molecule has 0 heterocycles. The summed E-state index contributed by atoms with van der Waals surface area (Å²) in [6.45, 7) is 0. The van der Waals surface area contributed by atoms with Crippen molar-refractivity contribution >= 4 is 5.97 Å². The molecule has 0 aliphatic heterocycles. The maximum Gasteiger partial charge on any atom is 0.306 e. The molecule has 0 saturated heterocycles. The number of unbranched alkanes of at least 4 members (excludes halogenated alkanes) is 1. The summed E-state index contributed by atoms with van der Waals surface area (Å²) in [4.78, 5) is 11.0. The van der Waals surface area contributed by atoms with Gasteiger partial charge in [0.15, 0.2) is 0 Å². The average Bonchev–Trinajstić information content (AvgIpc) is 2.64. The van der Waals surface area contributed by atoms with Gasteiger partial charge in [0.1, 0.15) is 0 Å². The third kappa shape index (κ3) is 3.06. The summed E-state index contributed by atoms with van der Waals surface area (Å²) in [5.74, 6) is 2.19. The van der Waals surface area contributed by atoms with Crippen LogP contribution in [0.1, 0.15) is 44.9 Å². The molecular formula is C12H18O2. The molecular weight excluding hydrogens is 176 g/mol. The highest BCUT2D eigenvalue weighted by Crippen LogP contribution is 2.34. The molecule has 0 bridgehead atoms. The van der Waals surface area contributed by atoms with Crippen LogP contribution in [0.5, 0.6) is 0 Å². The summed E-state index contributed by atoms with van der Waals surface area (Å²) in [5, 5.41) is 9.08. The quantitative estimate of drug-likeness (QED) is 0.539. The van der Waals surface area contributed by atoms with Gasteiger partial charge in [-0.3, -0.25) is 4.79 Å². The van der Waals surface area contributed by atoms with Crippen LogP contribution in [-0.4, -0.2) is 11.1 Å². The van der Waals surface area contributed by atoms with Gasteiger partial charge in [-0.05, 0) is 31.6 Å². The standard InChI is InChI=1S/C12H18O2/c1-2-3-4-9-11(12(13)14)10-7-5-6-8-10/h1,10-11H,3-9H2,(H,13,14). The van der Waals surface area contributed by atoms with Gasteiger partial charge in [-0.15, -0.1) is 12.3 Å². The Balaban J connectivity index is 2.38. The zero-order valence-corrected chi connectivity index (χ0v) is 8.54. The van der Waals surface area contributed by atoms with E-state index in [2.05, 4.69) is 5.92 Å². The van der Waals surface area contributed by atoms with E-state index in [-0.39, 0.29) is 5.92 Å². The zero-order valence-electron chi connectivity index (χ0n) is 8.54. The van der Waals surface area contributed by atoms with Gasteiger partial charge in [0.05, 0.1) is 5.92 Å². The summed E-state index contributed by atoms with van der Waals surface area (Å²) in [7, 11) is 0. The molecule has 2 nitrogen and oxygen atoms in total. The van der Waals surface area contributed by atoms with Crippen molar-refractivity contribution in [3.63, 3.8) is 0 Å². The van der Waals surface area contributed by atoms with E-state index in [1.54, 1.807) is 0 Å². The molecule has 1 fully saturated rings. The van der Waals surface area contributed by atoms with E-state index in [0.29, 0.717) is 12.3 Å². The van der Waals surface area contributed by atoms with Crippen molar-refractivity contribution in [2.24, 2.45) is 11.8 Å². The van der Waals surface area contributed by atoms with Crippen LogP contribution in [0, 0.1) is 24.2 Å². The van der Waals surface area contributed by atoms with Crippen LogP contribution in [-0.2, 0) is 4.79 Å². The molecule has 1 unspecified atom stereocenters. The third-order valence-electron chi connectivity index (χ3n) is 3.12. The molecule has 1 saturated carbocycles. The van der Waals surface area contributed by atoms with E-state index in [1.807, 2.05) is 0 Å². The van der Waals surface area contributed by atoms with Crippen LogP contribution in [0.15, 0.2) is 0 Å². The zero-order chi connectivity index (χ0) is 10.4. The van der Waals surface area contributed by atoms with Crippen molar-refractivity contribution in [1.29, 1.82) is 0 Å². The Morgan fingerprint density at radius 1 is 1.50 bits per heavy atom. The lowest BCUT2D eigenvalue weighted by Gasteiger charge is -2.18. The fourth-order valence-electron chi connectivity index (χ4n) is 2.34. The number of hydrogen-bond acceptors (Lipinski definition) is 1. The maximum atomic E-state index is 11.0. The molecule has 1 aliphatic rings. The monoisotopic (exact) mass is 194 g/mol. The summed E-state index contributed by atoms with van der Waals surface area (Å²) in [5.41, 5.74) is 0. The highest BCUT2D eigenvalue weighted by molar-refractivity contribution is 5.70. The molecule has 0 amide bonds. The van der Waals surface area contributed by atoms with Gasteiger partial charge < -0.3 is 5.11 Å². The lowest BCUT2D eigenvalue weighted by atomic mass is 9.87. The molecule has 0 aromatic rings. The predicted molar refractivity (Wildman–Crippen MR) is 55.8 cm³/mol. The average molecular weight is 194 g/mol. The number of carboxylic acid groups (broad SMARTS) is 1. The molecule has 0 radical (unpaired) electrons. The first-order chi connectivity index (χ1) is 6.75. The van der Waals surface area contributed by atoms with E-state index in [4.69, 9.17) is 11.5 Å². The number of rotatable bonds is 5. The summed E-state index contributed by atoms with van der Waals surface area (Å²) in [6, 6.07) is 0. The van der Waals surface area contributed by atoms with Gasteiger partial charge in [-0.2, -0.15) is 0 Å². The lowest BCUT2D eigenvalue weighted by Crippen LogP contribution is -2.21. The number of terminal acetylenes is 1. The summed E-state index contributed by atoms with van der Waals surface area (Å²) < 4.78 is 0. The SMILES string of the molecule is C#CCCCC(C(=O)O)C1CCCC1. The minimum absolute atomic E-state index is 0.147. The van der Waals surface area contributed by atoms with E-state index >= 15 is 0 Å². The number of aliphatic carboxylic acids is 1. The van der Waals surface area contributed by atoms with E-state index in [1.165, 1.54) is 12.8 Å². The number of carboxylic acids is 1. The first-order valence-corrected chi connectivity index (χ1v) is 5.42. The summed E-state index contributed by atoms with van der Waals surface area (Å²) >= 11 is 0. The van der Waals surface area contributed by atoms with Gasteiger partial charge >= 0.3 is 5.97 Å². The van der Waals surface area contributed by atoms with Gasteiger partial charge in [0.25, 0.3) is 0 Å². The van der Waals surface area contributed by atoms with Crippen molar-refractivity contribution in [3.8, 4) is 12.3 Å². The molecule has 2 heteroatoms. The Bertz CT molecular complexity index is 221. The van der Waals surface area contributed by atoms with Crippen LogP contribution in [0.2, 0.25) is 0 Å².